The maximum Gasteiger partial charge on any atom is 0.522 e. The molecule has 0 bridgehead atoms. The van der Waals surface area contributed by atoms with Crippen LogP contribution >= 0.6 is 0 Å². The van der Waals surface area contributed by atoms with Gasteiger partial charge in [0.1, 0.15) is 0 Å². The van der Waals surface area contributed by atoms with Crippen LogP contribution < -0.4 is 0 Å². The molecule has 1 heterocycles. The molecule has 5 heteroatoms. The lowest BCUT2D eigenvalue weighted by atomic mass is 10.1. The SMILES string of the molecule is C[C@H]1C[C@H](OC(F)(F)F)CN1C(C)(C)C. The van der Waals surface area contributed by atoms with Gasteiger partial charge in [0, 0.05) is 18.1 Å². The number of alkyl halides is 3. The molecule has 90 valence electrons. The van der Waals surface area contributed by atoms with Crippen LogP contribution in [-0.2, 0) is 4.74 Å². The summed E-state index contributed by atoms with van der Waals surface area (Å²) in [5.41, 5.74) is -0.108. The molecule has 1 fully saturated rings. The second kappa shape index (κ2) is 3.94. The molecular formula is C10H18F3NO. The zero-order valence-electron chi connectivity index (χ0n) is 9.56. The standard InChI is InChI=1S/C10H18F3NO/c1-7-5-8(15-10(11,12)13)6-14(7)9(2,3)4/h7-8H,5-6H2,1-4H3/t7-,8-/m0/s1. The number of nitrogens with zero attached hydrogens (tertiary/aromatic N) is 1. The highest BCUT2D eigenvalue weighted by Crippen LogP contribution is 2.31. The summed E-state index contributed by atoms with van der Waals surface area (Å²) in [6.07, 6.45) is -4.80. The molecule has 0 amide bonds. The molecule has 0 saturated carbocycles. The largest absolute Gasteiger partial charge is 0.522 e. The molecule has 0 N–H and O–H groups in total. The van der Waals surface area contributed by atoms with Crippen LogP contribution in [0.15, 0.2) is 0 Å². The van der Waals surface area contributed by atoms with Crippen molar-refractivity contribution in [3.8, 4) is 0 Å². The zero-order valence-corrected chi connectivity index (χ0v) is 9.56. The van der Waals surface area contributed by atoms with Gasteiger partial charge in [0.05, 0.1) is 6.10 Å². The van der Waals surface area contributed by atoms with Crippen molar-refractivity contribution >= 4 is 0 Å². The van der Waals surface area contributed by atoms with E-state index in [9.17, 15) is 13.2 Å². The normalized spacial score (nSPS) is 29.8. The molecule has 0 aromatic rings. The Morgan fingerprint density at radius 1 is 1.20 bits per heavy atom. The maximum atomic E-state index is 12.0. The van der Waals surface area contributed by atoms with Gasteiger partial charge < -0.3 is 0 Å². The Morgan fingerprint density at radius 2 is 1.73 bits per heavy atom. The molecule has 15 heavy (non-hydrogen) atoms. The van der Waals surface area contributed by atoms with Gasteiger partial charge in [0.15, 0.2) is 0 Å². The van der Waals surface area contributed by atoms with Crippen molar-refractivity contribution in [2.45, 2.75) is 58.2 Å². The summed E-state index contributed by atoms with van der Waals surface area (Å²) >= 11 is 0. The van der Waals surface area contributed by atoms with Crippen LogP contribution in [0.2, 0.25) is 0 Å². The minimum absolute atomic E-state index is 0.108. The van der Waals surface area contributed by atoms with Gasteiger partial charge in [-0.1, -0.05) is 0 Å². The monoisotopic (exact) mass is 225 g/mol. The molecule has 2 nitrogen and oxygen atoms in total. The third-order valence-electron chi connectivity index (χ3n) is 2.70. The fourth-order valence-electron chi connectivity index (χ4n) is 2.19. The number of likely N-dealkylation sites (tertiary alicyclic amines) is 1. The van der Waals surface area contributed by atoms with E-state index in [1.807, 2.05) is 32.6 Å². The third-order valence-corrected chi connectivity index (χ3v) is 2.70. The third kappa shape index (κ3) is 3.65. The van der Waals surface area contributed by atoms with Crippen LogP contribution in [0.25, 0.3) is 0 Å². The summed E-state index contributed by atoms with van der Waals surface area (Å²) in [6.45, 7) is 8.29. The lowest BCUT2D eigenvalue weighted by Crippen LogP contribution is -2.44. The highest BCUT2D eigenvalue weighted by molar-refractivity contribution is 4.90. The van der Waals surface area contributed by atoms with Gasteiger partial charge in [-0.05, 0) is 34.1 Å². The Balaban J connectivity index is 2.57. The van der Waals surface area contributed by atoms with Gasteiger partial charge >= 0.3 is 6.36 Å². The number of halogens is 3. The van der Waals surface area contributed by atoms with Gasteiger partial charge in [-0.15, -0.1) is 13.2 Å². The lowest BCUT2D eigenvalue weighted by molar-refractivity contribution is -0.340. The van der Waals surface area contributed by atoms with Crippen molar-refractivity contribution in [1.82, 2.24) is 4.90 Å². The molecule has 0 aromatic heterocycles. The molecule has 0 radical (unpaired) electrons. The molecule has 1 saturated heterocycles. The van der Waals surface area contributed by atoms with Gasteiger partial charge in [-0.2, -0.15) is 0 Å². The molecule has 1 aliphatic rings. The fraction of sp³-hybridized carbons (Fsp3) is 1.00. The molecule has 1 aliphatic heterocycles. The first-order valence-corrected chi connectivity index (χ1v) is 5.11. The quantitative estimate of drug-likeness (QED) is 0.680. The average Bonchev–Trinajstić information content (AvgIpc) is 2.25. The number of ether oxygens (including phenoxy) is 1. The van der Waals surface area contributed by atoms with E-state index in [1.54, 1.807) is 0 Å². The second-order valence-corrected chi connectivity index (χ2v) is 5.09. The van der Waals surface area contributed by atoms with E-state index in [2.05, 4.69) is 4.74 Å². The van der Waals surface area contributed by atoms with Crippen LogP contribution in [0.5, 0.6) is 0 Å². The average molecular weight is 225 g/mol. The predicted molar refractivity (Wildman–Crippen MR) is 51.5 cm³/mol. The van der Waals surface area contributed by atoms with Crippen molar-refractivity contribution in [2.24, 2.45) is 0 Å². The first kappa shape index (κ1) is 12.8. The summed E-state index contributed by atoms with van der Waals surface area (Å²) < 4.78 is 40.1. The molecular weight excluding hydrogens is 207 g/mol. The Kier molecular flexibility index (Phi) is 3.36. The first-order valence-electron chi connectivity index (χ1n) is 5.11. The van der Waals surface area contributed by atoms with Gasteiger partial charge in [-0.3, -0.25) is 9.64 Å². The van der Waals surface area contributed by atoms with Crippen molar-refractivity contribution < 1.29 is 17.9 Å². The lowest BCUT2D eigenvalue weighted by Gasteiger charge is -2.35. The van der Waals surface area contributed by atoms with E-state index in [1.165, 1.54) is 0 Å². The maximum absolute atomic E-state index is 12.0. The summed E-state index contributed by atoms with van der Waals surface area (Å²) in [5.74, 6) is 0. The number of hydrogen-bond acceptors (Lipinski definition) is 2. The molecule has 0 spiro atoms. The molecule has 1 rings (SSSR count). The summed E-state index contributed by atoms with van der Waals surface area (Å²) in [4.78, 5) is 2.05. The van der Waals surface area contributed by atoms with Crippen molar-refractivity contribution in [2.75, 3.05) is 6.54 Å². The van der Waals surface area contributed by atoms with Crippen LogP contribution in [-0.4, -0.2) is 35.5 Å². The fourth-order valence-corrected chi connectivity index (χ4v) is 2.19. The topological polar surface area (TPSA) is 12.5 Å². The van der Waals surface area contributed by atoms with E-state index in [0.717, 1.165) is 0 Å². The van der Waals surface area contributed by atoms with Crippen LogP contribution in [0.4, 0.5) is 13.2 Å². The molecule has 2 atom stereocenters. The highest BCUT2D eigenvalue weighted by atomic mass is 19.4. The minimum atomic E-state index is -4.52. The van der Waals surface area contributed by atoms with Gasteiger partial charge in [0.25, 0.3) is 0 Å². The van der Waals surface area contributed by atoms with Crippen LogP contribution in [0.3, 0.4) is 0 Å². The minimum Gasteiger partial charge on any atom is -0.293 e. The van der Waals surface area contributed by atoms with Crippen molar-refractivity contribution in [3.63, 3.8) is 0 Å². The van der Waals surface area contributed by atoms with Crippen LogP contribution in [0.1, 0.15) is 34.1 Å². The Hall–Kier alpha value is -0.290. The first-order chi connectivity index (χ1) is 6.59. The van der Waals surface area contributed by atoms with Gasteiger partial charge in [-0.25, -0.2) is 0 Å². The van der Waals surface area contributed by atoms with Crippen molar-refractivity contribution in [1.29, 1.82) is 0 Å². The number of hydrogen-bond donors (Lipinski definition) is 0. The smallest absolute Gasteiger partial charge is 0.293 e. The Bertz CT molecular complexity index is 222. The molecule has 0 aliphatic carbocycles. The second-order valence-electron chi connectivity index (χ2n) is 5.09. The van der Waals surface area contributed by atoms with E-state index in [0.29, 0.717) is 13.0 Å². The van der Waals surface area contributed by atoms with Gasteiger partial charge in [0.2, 0.25) is 0 Å². The van der Waals surface area contributed by atoms with E-state index in [4.69, 9.17) is 0 Å². The van der Waals surface area contributed by atoms with E-state index < -0.39 is 12.5 Å². The molecule has 0 unspecified atom stereocenters. The summed E-state index contributed by atoms with van der Waals surface area (Å²) in [5, 5.41) is 0. The Labute approximate surface area is 88.4 Å². The molecule has 0 aromatic carbocycles. The zero-order chi connectivity index (χ0) is 11.9. The van der Waals surface area contributed by atoms with E-state index in [-0.39, 0.29) is 11.6 Å². The predicted octanol–water partition coefficient (Wildman–Crippen LogP) is 2.78. The van der Waals surface area contributed by atoms with Crippen molar-refractivity contribution in [3.05, 3.63) is 0 Å². The van der Waals surface area contributed by atoms with E-state index >= 15 is 0 Å². The summed E-state index contributed by atoms with van der Waals surface area (Å²) in [6, 6.07) is 0.136. The van der Waals surface area contributed by atoms with Crippen LogP contribution in [0, 0.1) is 0 Å². The highest BCUT2D eigenvalue weighted by Gasteiger charge is 2.41. The number of rotatable bonds is 1. The summed E-state index contributed by atoms with van der Waals surface area (Å²) in [7, 11) is 0. The Morgan fingerprint density at radius 3 is 2.07 bits per heavy atom.